The van der Waals surface area contributed by atoms with E-state index in [1.807, 2.05) is 31.3 Å². The van der Waals surface area contributed by atoms with Crippen molar-refractivity contribution < 1.29 is 9.53 Å². The number of ether oxygens (including phenoxy) is 1. The molecule has 1 unspecified atom stereocenters. The number of rotatable bonds is 4. The molecule has 0 radical (unpaired) electrons. The maximum Gasteiger partial charge on any atom is 0.238 e. The summed E-state index contributed by atoms with van der Waals surface area (Å²) < 4.78 is 5.16. The van der Waals surface area contributed by atoms with Gasteiger partial charge < -0.3 is 20.3 Å². The predicted octanol–water partition coefficient (Wildman–Crippen LogP) is 0.215. The molecule has 1 fully saturated rings. The van der Waals surface area contributed by atoms with Crippen molar-refractivity contribution in [2.45, 2.75) is 12.6 Å². The molecule has 19 heavy (non-hydrogen) atoms. The van der Waals surface area contributed by atoms with Crippen LogP contribution >= 0.6 is 0 Å². The monoisotopic (exact) mass is 263 g/mol. The molecule has 1 amide bonds. The summed E-state index contributed by atoms with van der Waals surface area (Å²) in [5.41, 5.74) is 1.04. The molecule has 1 aromatic rings. The van der Waals surface area contributed by atoms with E-state index in [1.54, 1.807) is 7.11 Å². The average molecular weight is 263 g/mol. The highest BCUT2D eigenvalue weighted by Gasteiger charge is 2.22. The van der Waals surface area contributed by atoms with Crippen LogP contribution in [-0.2, 0) is 11.3 Å². The van der Waals surface area contributed by atoms with Crippen molar-refractivity contribution in [3.05, 3.63) is 29.8 Å². The molecule has 0 bridgehead atoms. The van der Waals surface area contributed by atoms with Gasteiger partial charge in [-0.15, -0.1) is 0 Å². The minimum Gasteiger partial charge on any atom is -0.497 e. The van der Waals surface area contributed by atoms with Crippen LogP contribution in [-0.4, -0.2) is 50.6 Å². The smallest absolute Gasteiger partial charge is 0.238 e. The number of hydrogen-bond acceptors (Lipinski definition) is 4. The molecule has 104 valence electrons. The van der Waals surface area contributed by atoms with Gasteiger partial charge in [-0.05, 0) is 24.7 Å². The van der Waals surface area contributed by atoms with Gasteiger partial charge in [0.2, 0.25) is 5.91 Å². The van der Waals surface area contributed by atoms with Gasteiger partial charge in [0, 0.05) is 26.2 Å². The van der Waals surface area contributed by atoms with E-state index < -0.39 is 0 Å². The SMILES string of the molecule is COc1cccc(CNC(=O)C2CN(C)CCN2)c1. The topological polar surface area (TPSA) is 53.6 Å². The Kier molecular flexibility index (Phi) is 4.76. The number of methoxy groups -OCH3 is 1. The molecule has 2 rings (SSSR count). The number of hydrogen-bond donors (Lipinski definition) is 2. The van der Waals surface area contributed by atoms with Crippen LogP contribution in [0.15, 0.2) is 24.3 Å². The van der Waals surface area contributed by atoms with Gasteiger partial charge in [-0.1, -0.05) is 12.1 Å². The molecule has 0 aliphatic carbocycles. The van der Waals surface area contributed by atoms with Gasteiger partial charge in [-0.3, -0.25) is 4.79 Å². The highest BCUT2D eigenvalue weighted by molar-refractivity contribution is 5.82. The van der Waals surface area contributed by atoms with Crippen molar-refractivity contribution >= 4 is 5.91 Å². The van der Waals surface area contributed by atoms with Gasteiger partial charge in [-0.2, -0.15) is 0 Å². The number of benzene rings is 1. The summed E-state index contributed by atoms with van der Waals surface area (Å²) in [4.78, 5) is 14.2. The fraction of sp³-hybridized carbons (Fsp3) is 0.500. The number of carbonyl (C=O) groups is 1. The summed E-state index contributed by atoms with van der Waals surface area (Å²) >= 11 is 0. The van der Waals surface area contributed by atoms with Crippen LogP contribution in [0.2, 0.25) is 0 Å². The Morgan fingerprint density at radius 3 is 3.16 bits per heavy atom. The Labute approximate surface area is 113 Å². The number of amides is 1. The molecule has 2 N–H and O–H groups in total. The van der Waals surface area contributed by atoms with E-state index in [-0.39, 0.29) is 11.9 Å². The van der Waals surface area contributed by atoms with Crippen molar-refractivity contribution in [3.63, 3.8) is 0 Å². The van der Waals surface area contributed by atoms with Crippen molar-refractivity contribution in [2.75, 3.05) is 33.8 Å². The second-order valence-electron chi connectivity index (χ2n) is 4.84. The van der Waals surface area contributed by atoms with Gasteiger partial charge >= 0.3 is 0 Å². The second kappa shape index (κ2) is 6.54. The Morgan fingerprint density at radius 1 is 1.58 bits per heavy atom. The van der Waals surface area contributed by atoms with Gasteiger partial charge in [0.05, 0.1) is 13.2 Å². The van der Waals surface area contributed by atoms with E-state index in [9.17, 15) is 4.79 Å². The molecule has 5 heteroatoms. The molecule has 1 aliphatic heterocycles. The van der Waals surface area contributed by atoms with E-state index in [0.29, 0.717) is 6.54 Å². The second-order valence-corrected chi connectivity index (χ2v) is 4.84. The van der Waals surface area contributed by atoms with E-state index in [0.717, 1.165) is 30.9 Å². The van der Waals surface area contributed by atoms with Crippen molar-refractivity contribution in [1.29, 1.82) is 0 Å². The van der Waals surface area contributed by atoms with Gasteiger partial charge in [-0.25, -0.2) is 0 Å². The molecule has 1 heterocycles. The molecule has 5 nitrogen and oxygen atoms in total. The highest BCUT2D eigenvalue weighted by Crippen LogP contribution is 2.12. The minimum absolute atomic E-state index is 0.0503. The number of piperazine rings is 1. The third kappa shape index (κ3) is 3.94. The first-order valence-electron chi connectivity index (χ1n) is 6.51. The largest absolute Gasteiger partial charge is 0.497 e. The third-order valence-electron chi connectivity index (χ3n) is 3.30. The number of carbonyl (C=O) groups excluding carboxylic acids is 1. The molecule has 1 saturated heterocycles. The normalized spacial score (nSPS) is 20.0. The molecular formula is C14H21N3O2. The first-order valence-corrected chi connectivity index (χ1v) is 6.51. The summed E-state index contributed by atoms with van der Waals surface area (Å²) in [6.45, 7) is 3.12. The van der Waals surface area contributed by atoms with Crippen LogP contribution in [0.3, 0.4) is 0 Å². The lowest BCUT2D eigenvalue weighted by Crippen LogP contribution is -2.55. The maximum absolute atomic E-state index is 12.0. The van der Waals surface area contributed by atoms with Gasteiger partial charge in [0.15, 0.2) is 0 Å². The zero-order valence-electron chi connectivity index (χ0n) is 11.5. The van der Waals surface area contributed by atoms with Crippen LogP contribution in [0.5, 0.6) is 5.75 Å². The predicted molar refractivity (Wildman–Crippen MR) is 74.1 cm³/mol. The molecule has 1 atom stereocenters. The first-order chi connectivity index (χ1) is 9.19. The van der Waals surface area contributed by atoms with Crippen molar-refractivity contribution in [3.8, 4) is 5.75 Å². The third-order valence-corrected chi connectivity index (χ3v) is 3.30. The zero-order chi connectivity index (χ0) is 13.7. The number of likely N-dealkylation sites (N-methyl/N-ethyl adjacent to an activating group) is 1. The van der Waals surface area contributed by atoms with Crippen LogP contribution in [0.4, 0.5) is 0 Å². The van der Waals surface area contributed by atoms with Crippen molar-refractivity contribution in [2.24, 2.45) is 0 Å². The fourth-order valence-electron chi connectivity index (χ4n) is 2.17. The minimum atomic E-state index is -0.121. The standard InChI is InChI=1S/C14H21N3O2/c1-17-7-6-15-13(10-17)14(18)16-9-11-4-3-5-12(8-11)19-2/h3-5,8,13,15H,6-7,9-10H2,1-2H3,(H,16,18). The van der Waals surface area contributed by atoms with Crippen LogP contribution in [0.25, 0.3) is 0 Å². The number of nitrogens with one attached hydrogen (secondary N) is 2. The Morgan fingerprint density at radius 2 is 2.42 bits per heavy atom. The zero-order valence-corrected chi connectivity index (χ0v) is 11.5. The summed E-state index contributed by atoms with van der Waals surface area (Å²) in [6.07, 6.45) is 0. The lowest BCUT2D eigenvalue weighted by Gasteiger charge is -2.29. The summed E-state index contributed by atoms with van der Waals surface area (Å²) in [5, 5.41) is 6.19. The summed E-state index contributed by atoms with van der Waals surface area (Å²) in [7, 11) is 3.67. The first kappa shape index (κ1) is 13.8. The lowest BCUT2D eigenvalue weighted by molar-refractivity contribution is -0.124. The van der Waals surface area contributed by atoms with Crippen LogP contribution in [0.1, 0.15) is 5.56 Å². The summed E-state index contributed by atoms with van der Waals surface area (Å²) in [5.74, 6) is 0.858. The summed E-state index contributed by atoms with van der Waals surface area (Å²) in [6, 6.07) is 7.60. The maximum atomic E-state index is 12.0. The Balaban J connectivity index is 1.85. The Bertz CT molecular complexity index is 436. The van der Waals surface area contributed by atoms with Gasteiger partial charge in [0.25, 0.3) is 0 Å². The van der Waals surface area contributed by atoms with E-state index in [1.165, 1.54) is 0 Å². The van der Waals surface area contributed by atoms with Gasteiger partial charge in [0.1, 0.15) is 5.75 Å². The van der Waals surface area contributed by atoms with Crippen LogP contribution in [0, 0.1) is 0 Å². The quantitative estimate of drug-likeness (QED) is 0.816. The van der Waals surface area contributed by atoms with Crippen LogP contribution < -0.4 is 15.4 Å². The van der Waals surface area contributed by atoms with Crippen molar-refractivity contribution in [1.82, 2.24) is 15.5 Å². The molecule has 0 spiro atoms. The van der Waals surface area contributed by atoms with E-state index in [2.05, 4.69) is 15.5 Å². The molecular weight excluding hydrogens is 242 g/mol. The molecule has 1 aromatic carbocycles. The molecule has 0 aromatic heterocycles. The molecule has 1 aliphatic rings. The van der Waals surface area contributed by atoms with E-state index in [4.69, 9.17) is 4.74 Å². The molecule has 0 saturated carbocycles. The number of nitrogens with zero attached hydrogens (tertiary/aromatic N) is 1. The fourth-order valence-corrected chi connectivity index (χ4v) is 2.17. The van der Waals surface area contributed by atoms with E-state index >= 15 is 0 Å². The highest BCUT2D eigenvalue weighted by atomic mass is 16.5. The average Bonchev–Trinajstić information content (AvgIpc) is 2.45. The lowest BCUT2D eigenvalue weighted by atomic mass is 10.2. The Hall–Kier alpha value is -1.59.